The minimum absolute atomic E-state index is 0.220. The molecular weight excluding hydrogens is 350 g/mol. The summed E-state index contributed by atoms with van der Waals surface area (Å²) in [5, 5.41) is 31.0. The van der Waals surface area contributed by atoms with Gasteiger partial charge in [0.15, 0.2) is 0 Å². The Morgan fingerprint density at radius 3 is 2.38 bits per heavy atom. The lowest BCUT2D eigenvalue weighted by atomic mass is 9.93. The largest absolute Gasteiger partial charge is 0.598 e. The van der Waals surface area contributed by atoms with Crippen LogP contribution in [0.25, 0.3) is 0 Å². The highest BCUT2D eigenvalue weighted by Crippen LogP contribution is 2.35. The Morgan fingerprint density at radius 2 is 1.75 bits per heavy atom. The Morgan fingerprint density at radius 1 is 1.12 bits per heavy atom. The molecule has 2 bridgehead atoms. The van der Waals surface area contributed by atoms with E-state index in [9.17, 15) is 19.9 Å². The van der Waals surface area contributed by atoms with Crippen molar-refractivity contribution in [1.29, 1.82) is 0 Å². The molecular formula is C16H29NO5S2. The number of allylic oxidation sites excluding steroid dienone is 1. The minimum atomic E-state index is -1.34. The van der Waals surface area contributed by atoms with Crippen LogP contribution in [-0.4, -0.2) is 65.8 Å². The fraction of sp³-hybridized carbons (Fsp3) is 0.875. The molecule has 0 aromatic rings. The van der Waals surface area contributed by atoms with Crippen LogP contribution in [0.15, 0.2) is 12.2 Å². The van der Waals surface area contributed by atoms with E-state index < -0.39 is 52.0 Å². The van der Waals surface area contributed by atoms with Gasteiger partial charge in [-0.05, 0) is 33.6 Å². The van der Waals surface area contributed by atoms with Crippen LogP contribution in [0.5, 0.6) is 0 Å². The first-order valence-corrected chi connectivity index (χ1v) is 10.4. The van der Waals surface area contributed by atoms with Crippen molar-refractivity contribution in [2.75, 3.05) is 0 Å². The smallest absolute Gasteiger partial charge is 0.136 e. The summed E-state index contributed by atoms with van der Waals surface area (Å²) in [4.78, 5) is 0. The molecule has 2 rings (SSSR count). The van der Waals surface area contributed by atoms with Crippen molar-refractivity contribution in [1.82, 2.24) is 4.72 Å². The number of rotatable bonds is 2. The Kier molecular flexibility index (Phi) is 7.06. The molecule has 2 aliphatic heterocycles. The number of thioether (sulfide) groups is 1. The molecule has 0 aliphatic carbocycles. The molecule has 2 unspecified atom stereocenters. The molecule has 0 radical (unpaired) electrons. The van der Waals surface area contributed by atoms with E-state index in [1.807, 2.05) is 33.8 Å². The first kappa shape index (κ1) is 20.5. The van der Waals surface area contributed by atoms with Gasteiger partial charge in [-0.1, -0.05) is 19.1 Å². The predicted octanol–water partition coefficient (Wildman–Crippen LogP) is 0.686. The molecule has 0 aromatic carbocycles. The third-order valence-corrected chi connectivity index (χ3v) is 7.15. The van der Waals surface area contributed by atoms with Gasteiger partial charge in [0, 0.05) is 16.6 Å². The lowest BCUT2D eigenvalue weighted by Crippen LogP contribution is -2.63. The number of hydrogen-bond donors (Lipinski definition) is 4. The summed E-state index contributed by atoms with van der Waals surface area (Å²) in [7, 11) is 0. The molecule has 4 N–H and O–H groups in total. The van der Waals surface area contributed by atoms with Crippen molar-refractivity contribution in [2.45, 2.75) is 86.4 Å². The monoisotopic (exact) mass is 379 g/mol. The predicted molar refractivity (Wildman–Crippen MR) is 96.9 cm³/mol. The van der Waals surface area contributed by atoms with Crippen molar-refractivity contribution in [3.05, 3.63) is 12.2 Å². The normalized spacial score (nSPS) is 43.9. The molecule has 24 heavy (non-hydrogen) atoms. The molecule has 2 heterocycles. The van der Waals surface area contributed by atoms with E-state index in [2.05, 4.69) is 10.8 Å². The number of fused-ring (bicyclic) bond motifs is 2. The fourth-order valence-electron chi connectivity index (χ4n) is 2.70. The second-order valence-electron chi connectivity index (χ2n) is 7.44. The van der Waals surface area contributed by atoms with Gasteiger partial charge in [-0.25, -0.2) is 0 Å². The van der Waals surface area contributed by atoms with Gasteiger partial charge in [-0.2, -0.15) is 0 Å². The van der Waals surface area contributed by atoms with Crippen molar-refractivity contribution in [3.8, 4) is 0 Å². The molecule has 8 heteroatoms. The van der Waals surface area contributed by atoms with Gasteiger partial charge < -0.3 is 24.6 Å². The molecule has 0 spiro atoms. The number of hydrogen-bond acceptors (Lipinski definition) is 7. The van der Waals surface area contributed by atoms with E-state index in [4.69, 9.17) is 4.74 Å². The van der Waals surface area contributed by atoms with Crippen LogP contribution in [-0.2, 0) is 16.1 Å². The number of aliphatic hydroxyl groups excluding tert-OH is 3. The van der Waals surface area contributed by atoms with Crippen LogP contribution in [0.1, 0.15) is 40.5 Å². The zero-order chi connectivity index (χ0) is 18.1. The molecule has 1 fully saturated rings. The van der Waals surface area contributed by atoms with Crippen molar-refractivity contribution in [2.24, 2.45) is 0 Å². The minimum Gasteiger partial charge on any atom is -0.598 e. The van der Waals surface area contributed by atoms with Gasteiger partial charge >= 0.3 is 0 Å². The van der Waals surface area contributed by atoms with E-state index >= 15 is 0 Å². The maximum absolute atomic E-state index is 12.5. The number of ether oxygens (including phenoxy) is 1. The zero-order valence-electron chi connectivity index (χ0n) is 14.6. The highest BCUT2D eigenvalue weighted by atomic mass is 32.2. The molecule has 6 nitrogen and oxygen atoms in total. The average molecular weight is 380 g/mol. The standard InChI is InChI=1S/C16H29NO5S2/c1-9-7-5-6-8-10(17-24(21)16(2,3)4)14-12(19)11(18)13(20)15(22-14)23-9/h5-6,9-15,17-20H,7-8H2,1-4H3/b6-5-/t9-,10-,11?,12+,13-,14-,15?,24-/m1/s1. The van der Waals surface area contributed by atoms with E-state index in [-0.39, 0.29) is 5.25 Å². The summed E-state index contributed by atoms with van der Waals surface area (Å²) in [6.45, 7) is 7.62. The first-order chi connectivity index (χ1) is 11.1. The highest BCUT2D eigenvalue weighted by Gasteiger charge is 2.48. The van der Waals surface area contributed by atoms with E-state index in [0.29, 0.717) is 6.42 Å². The number of aliphatic hydroxyl groups is 3. The zero-order valence-corrected chi connectivity index (χ0v) is 16.2. The highest BCUT2D eigenvalue weighted by molar-refractivity contribution is 8.00. The van der Waals surface area contributed by atoms with Gasteiger partial charge in [-0.3, -0.25) is 0 Å². The Bertz CT molecular complexity index is 445. The van der Waals surface area contributed by atoms with E-state index in [1.165, 1.54) is 11.8 Å². The lowest BCUT2D eigenvalue weighted by Gasteiger charge is -2.44. The van der Waals surface area contributed by atoms with E-state index in [0.717, 1.165) is 6.42 Å². The van der Waals surface area contributed by atoms with Gasteiger partial charge in [0.2, 0.25) is 0 Å². The first-order valence-electron chi connectivity index (χ1n) is 8.29. The van der Waals surface area contributed by atoms with Crippen molar-refractivity contribution < 1.29 is 24.6 Å². The van der Waals surface area contributed by atoms with Crippen LogP contribution in [0.2, 0.25) is 0 Å². The fourth-order valence-corrected chi connectivity index (χ4v) is 4.75. The van der Waals surface area contributed by atoms with Gasteiger partial charge in [0.1, 0.15) is 34.6 Å². The third-order valence-electron chi connectivity index (χ3n) is 4.21. The Hall–Kier alpha value is 0.200. The third kappa shape index (κ3) is 4.88. The SMILES string of the molecule is C[C@@H]1C/C=C\C[C@@H](N[S@+]([O-])C(C)(C)C)[C@H]2OC(S1)[C@H](O)C(O)[C@@H]2O. The second-order valence-corrected chi connectivity index (χ2v) is 11.0. The average Bonchev–Trinajstić information content (AvgIpc) is 2.49. The quantitative estimate of drug-likeness (QED) is 0.413. The topological polar surface area (TPSA) is 105 Å². The maximum Gasteiger partial charge on any atom is 0.136 e. The summed E-state index contributed by atoms with van der Waals surface area (Å²) < 4.78 is 21.0. The summed E-state index contributed by atoms with van der Waals surface area (Å²) >= 11 is 0.105. The van der Waals surface area contributed by atoms with Gasteiger partial charge in [0.05, 0.1) is 6.04 Å². The molecule has 2 aliphatic rings. The maximum atomic E-state index is 12.5. The van der Waals surface area contributed by atoms with E-state index in [1.54, 1.807) is 0 Å². The Labute approximate surface area is 151 Å². The molecule has 8 atom stereocenters. The molecule has 1 saturated heterocycles. The Balaban J connectivity index is 2.24. The lowest BCUT2D eigenvalue weighted by molar-refractivity contribution is -0.203. The van der Waals surface area contributed by atoms with Crippen LogP contribution in [0.4, 0.5) is 0 Å². The van der Waals surface area contributed by atoms with Gasteiger partial charge in [-0.15, -0.1) is 16.5 Å². The van der Waals surface area contributed by atoms with Crippen molar-refractivity contribution >= 4 is 23.1 Å². The van der Waals surface area contributed by atoms with Crippen LogP contribution < -0.4 is 4.72 Å². The van der Waals surface area contributed by atoms with Crippen LogP contribution in [0.3, 0.4) is 0 Å². The molecule has 0 aromatic heterocycles. The molecule has 0 saturated carbocycles. The summed E-state index contributed by atoms with van der Waals surface area (Å²) in [6, 6.07) is -0.421. The van der Waals surface area contributed by atoms with Crippen LogP contribution >= 0.6 is 11.8 Å². The summed E-state index contributed by atoms with van der Waals surface area (Å²) in [6.07, 6.45) is 0.957. The molecule has 140 valence electrons. The molecule has 0 amide bonds. The number of nitrogens with one attached hydrogen (secondary N) is 1. The second kappa shape index (κ2) is 8.26. The summed E-state index contributed by atoms with van der Waals surface area (Å²) in [5.74, 6) is 0. The summed E-state index contributed by atoms with van der Waals surface area (Å²) in [5.41, 5.74) is -0.623. The van der Waals surface area contributed by atoms with Gasteiger partial charge in [0.25, 0.3) is 0 Å². The van der Waals surface area contributed by atoms with Crippen molar-refractivity contribution in [3.63, 3.8) is 0 Å². The van der Waals surface area contributed by atoms with Crippen LogP contribution in [0, 0.1) is 0 Å².